The van der Waals surface area contributed by atoms with Gasteiger partial charge in [-0.15, -0.1) is 0 Å². The number of aldehydes is 1. The van der Waals surface area contributed by atoms with Crippen LogP contribution in [-0.2, 0) is 9.53 Å². The molecule has 0 radical (unpaired) electrons. The predicted octanol–water partition coefficient (Wildman–Crippen LogP) is 5.40. The zero-order chi connectivity index (χ0) is 23.6. The zero-order valence-corrected chi connectivity index (χ0v) is 19.3. The van der Waals surface area contributed by atoms with Crippen LogP contribution in [0.4, 0.5) is 11.4 Å². The molecular weight excluding hydrogens is 422 g/mol. The summed E-state index contributed by atoms with van der Waals surface area (Å²) in [6.07, 6.45) is 16.1. The molecule has 1 fully saturated rings. The van der Waals surface area contributed by atoms with E-state index < -0.39 is 4.92 Å². The molecule has 2 aliphatic rings. The first-order valence-corrected chi connectivity index (χ1v) is 11.6. The summed E-state index contributed by atoms with van der Waals surface area (Å²) in [5, 5.41) is 11.3. The average molecular weight is 456 g/mol. The van der Waals surface area contributed by atoms with Gasteiger partial charge >= 0.3 is 5.69 Å². The number of anilines is 1. The second-order valence-electron chi connectivity index (χ2n) is 8.33. The summed E-state index contributed by atoms with van der Waals surface area (Å²) < 4.78 is 11.0. The van der Waals surface area contributed by atoms with E-state index in [1.807, 2.05) is 6.20 Å². The number of carbonyl (C=O) groups excluding carboxylic acids is 1. The van der Waals surface area contributed by atoms with E-state index in [9.17, 15) is 14.9 Å². The minimum Gasteiger partial charge on any atom is -0.490 e. The molecule has 1 aromatic rings. The Balaban J connectivity index is 1.58. The van der Waals surface area contributed by atoms with Crippen LogP contribution in [0.1, 0.15) is 56.9 Å². The third-order valence-electron chi connectivity index (χ3n) is 6.21. The van der Waals surface area contributed by atoms with Crippen LogP contribution in [0.2, 0.25) is 0 Å². The summed E-state index contributed by atoms with van der Waals surface area (Å²) in [5.74, 6) is 1.24. The summed E-state index contributed by atoms with van der Waals surface area (Å²) in [4.78, 5) is 25.8. The van der Waals surface area contributed by atoms with E-state index in [2.05, 4.69) is 22.6 Å². The molecule has 0 unspecified atom stereocenters. The fourth-order valence-electron chi connectivity index (χ4n) is 4.38. The minimum absolute atomic E-state index is 0.0501. The highest BCUT2D eigenvalue weighted by Gasteiger charge is 2.27. The second-order valence-corrected chi connectivity index (χ2v) is 8.33. The molecule has 0 atom stereocenters. The van der Waals surface area contributed by atoms with Gasteiger partial charge in [-0.1, -0.05) is 25.5 Å². The lowest BCUT2D eigenvalue weighted by Crippen LogP contribution is -2.42. The number of hydrogen-bond donors (Lipinski definition) is 0. The van der Waals surface area contributed by atoms with Crippen LogP contribution in [-0.4, -0.2) is 42.4 Å². The lowest BCUT2D eigenvalue weighted by Gasteiger charge is -2.39. The van der Waals surface area contributed by atoms with Crippen molar-refractivity contribution in [2.45, 2.75) is 57.4 Å². The van der Waals surface area contributed by atoms with E-state index in [1.165, 1.54) is 13.2 Å². The molecule has 0 spiro atoms. The number of nitro benzene ring substituents is 1. The third-order valence-corrected chi connectivity index (χ3v) is 6.21. The van der Waals surface area contributed by atoms with Gasteiger partial charge in [0, 0.05) is 67.8 Å². The van der Waals surface area contributed by atoms with Crippen molar-refractivity contribution in [1.29, 1.82) is 0 Å². The van der Waals surface area contributed by atoms with Gasteiger partial charge in [0.25, 0.3) is 0 Å². The van der Waals surface area contributed by atoms with Crippen molar-refractivity contribution < 1.29 is 19.2 Å². The Morgan fingerprint density at radius 1 is 1.24 bits per heavy atom. The normalized spacial score (nSPS) is 16.2. The van der Waals surface area contributed by atoms with E-state index in [0.717, 1.165) is 81.3 Å². The third kappa shape index (κ3) is 6.37. The lowest BCUT2D eigenvalue weighted by molar-refractivity contribution is -0.385. The standard InChI is InChI=1S/C25H33N3O5/c1-3-20-17-24(28(30)31)25(32-2)18-23(20)26-12-10-21(11-13-26)27-14-16-33-22(19-27)9-7-5-4-6-8-15-29/h3,14-19,21H,1,4-13H2,2H3. The van der Waals surface area contributed by atoms with E-state index >= 15 is 0 Å². The molecule has 3 rings (SSSR count). The summed E-state index contributed by atoms with van der Waals surface area (Å²) in [7, 11) is 1.45. The molecule has 2 aliphatic heterocycles. The first kappa shape index (κ1) is 24.4. The number of piperidine rings is 1. The van der Waals surface area contributed by atoms with Crippen molar-refractivity contribution in [1.82, 2.24) is 4.90 Å². The molecule has 33 heavy (non-hydrogen) atoms. The first-order chi connectivity index (χ1) is 16.1. The molecule has 0 amide bonds. The number of rotatable bonds is 12. The summed E-state index contributed by atoms with van der Waals surface area (Å²) in [6.45, 7) is 5.50. The maximum atomic E-state index is 11.3. The lowest BCUT2D eigenvalue weighted by atomic mass is 10.0. The molecule has 8 nitrogen and oxygen atoms in total. The average Bonchev–Trinajstić information content (AvgIpc) is 2.85. The number of allylic oxidation sites excluding steroid dienone is 1. The topological polar surface area (TPSA) is 85.2 Å². The molecule has 0 N–H and O–H groups in total. The molecule has 1 aromatic carbocycles. The molecule has 8 heteroatoms. The molecular formula is C25H33N3O5. The number of unbranched alkanes of at least 4 members (excludes halogenated alkanes) is 4. The predicted molar refractivity (Wildman–Crippen MR) is 129 cm³/mol. The van der Waals surface area contributed by atoms with Crippen molar-refractivity contribution in [3.05, 3.63) is 58.8 Å². The van der Waals surface area contributed by atoms with Crippen LogP contribution in [0.15, 0.2) is 43.1 Å². The van der Waals surface area contributed by atoms with Crippen LogP contribution in [0.25, 0.3) is 6.08 Å². The van der Waals surface area contributed by atoms with Crippen molar-refractivity contribution in [3.8, 4) is 5.75 Å². The van der Waals surface area contributed by atoms with Gasteiger partial charge in [-0.3, -0.25) is 10.1 Å². The molecule has 178 valence electrons. The number of nitro groups is 1. The Kier molecular flexibility index (Phi) is 8.92. The van der Waals surface area contributed by atoms with Gasteiger partial charge in [0.1, 0.15) is 18.3 Å². The van der Waals surface area contributed by atoms with Gasteiger partial charge in [-0.05, 0) is 25.7 Å². The Morgan fingerprint density at radius 2 is 2.00 bits per heavy atom. The van der Waals surface area contributed by atoms with Gasteiger partial charge in [0.2, 0.25) is 0 Å². The van der Waals surface area contributed by atoms with E-state index in [0.29, 0.717) is 12.5 Å². The van der Waals surface area contributed by atoms with Gasteiger partial charge in [-0.25, -0.2) is 0 Å². The Morgan fingerprint density at radius 3 is 2.67 bits per heavy atom. The highest BCUT2D eigenvalue weighted by Crippen LogP contribution is 2.37. The van der Waals surface area contributed by atoms with Crippen LogP contribution < -0.4 is 9.64 Å². The molecule has 2 heterocycles. The molecule has 0 saturated carbocycles. The Bertz CT molecular complexity index is 904. The molecule has 1 saturated heterocycles. The Hall–Kier alpha value is -3.29. The maximum Gasteiger partial charge on any atom is 0.311 e. The fraction of sp³-hybridized carbons (Fsp3) is 0.480. The quantitative estimate of drug-likeness (QED) is 0.181. The number of nitrogens with zero attached hydrogens (tertiary/aromatic N) is 3. The van der Waals surface area contributed by atoms with Crippen LogP contribution in [0, 0.1) is 10.1 Å². The van der Waals surface area contributed by atoms with Crippen LogP contribution in [0.3, 0.4) is 0 Å². The number of methoxy groups -OCH3 is 1. The fourth-order valence-corrected chi connectivity index (χ4v) is 4.38. The maximum absolute atomic E-state index is 11.3. The van der Waals surface area contributed by atoms with Crippen molar-refractivity contribution >= 4 is 23.7 Å². The summed E-state index contributed by atoms with van der Waals surface area (Å²) in [5.41, 5.74) is 1.60. The van der Waals surface area contributed by atoms with Gasteiger partial charge < -0.3 is 24.1 Å². The monoisotopic (exact) mass is 455 g/mol. The van der Waals surface area contributed by atoms with E-state index in [-0.39, 0.29) is 11.4 Å². The number of ether oxygens (including phenoxy) is 2. The minimum atomic E-state index is -0.429. The highest BCUT2D eigenvalue weighted by atomic mass is 16.6. The first-order valence-electron chi connectivity index (χ1n) is 11.6. The van der Waals surface area contributed by atoms with Crippen molar-refractivity contribution in [2.75, 3.05) is 25.1 Å². The highest BCUT2D eigenvalue weighted by molar-refractivity contribution is 5.73. The second kappa shape index (κ2) is 12.1. The van der Waals surface area contributed by atoms with E-state index in [1.54, 1.807) is 18.4 Å². The number of hydrogen-bond acceptors (Lipinski definition) is 7. The van der Waals surface area contributed by atoms with Crippen molar-refractivity contribution in [3.63, 3.8) is 0 Å². The zero-order valence-electron chi connectivity index (χ0n) is 19.3. The molecule has 0 aliphatic carbocycles. The van der Waals surface area contributed by atoms with Crippen LogP contribution >= 0.6 is 0 Å². The Labute approximate surface area is 195 Å². The SMILES string of the molecule is C=Cc1cc([N+](=O)[O-])c(OC)cc1N1CCC(N2C=COC(CCCCCCC=O)=C2)CC1. The van der Waals surface area contributed by atoms with E-state index in [4.69, 9.17) is 9.47 Å². The molecule has 0 aromatic heterocycles. The summed E-state index contributed by atoms with van der Waals surface area (Å²) in [6, 6.07) is 3.65. The largest absolute Gasteiger partial charge is 0.490 e. The summed E-state index contributed by atoms with van der Waals surface area (Å²) >= 11 is 0. The number of benzene rings is 1. The molecule has 0 bridgehead atoms. The van der Waals surface area contributed by atoms with Crippen LogP contribution in [0.5, 0.6) is 5.75 Å². The van der Waals surface area contributed by atoms with Gasteiger partial charge in [0.05, 0.1) is 12.0 Å². The smallest absolute Gasteiger partial charge is 0.311 e. The van der Waals surface area contributed by atoms with Crippen molar-refractivity contribution in [2.24, 2.45) is 0 Å². The van der Waals surface area contributed by atoms with Gasteiger partial charge in [-0.2, -0.15) is 0 Å². The number of carbonyl (C=O) groups is 1. The van der Waals surface area contributed by atoms with Gasteiger partial charge in [0.15, 0.2) is 5.75 Å².